The highest BCUT2D eigenvalue weighted by atomic mass is 16.5. The zero-order valence-corrected chi connectivity index (χ0v) is 9.32. The molecule has 2 N–H and O–H groups in total. The molecule has 0 aliphatic heterocycles. The van der Waals surface area contributed by atoms with Gasteiger partial charge in [-0.15, -0.1) is 0 Å². The van der Waals surface area contributed by atoms with E-state index in [1.165, 1.54) is 0 Å². The largest absolute Gasteiger partial charge is 0.493 e. The summed E-state index contributed by atoms with van der Waals surface area (Å²) in [6.07, 6.45) is -0.396. The Bertz CT molecular complexity index is 365. The Balaban J connectivity index is 2.64. The SMILES string of the molecule is COc1ccc(CCNC(=O)O)cc1OC. The molecule has 88 valence electrons. The molecule has 5 heteroatoms. The number of hydrogen-bond acceptors (Lipinski definition) is 3. The standard InChI is InChI=1S/C11H15NO4/c1-15-9-4-3-8(7-10(9)16-2)5-6-12-11(13)14/h3-4,7,12H,5-6H2,1-2H3,(H,13,14). The summed E-state index contributed by atoms with van der Waals surface area (Å²) in [5, 5.41) is 10.7. The third kappa shape index (κ3) is 3.34. The fourth-order valence-electron chi connectivity index (χ4n) is 1.35. The summed E-state index contributed by atoms with van der Waals surface area (Å²) >= 11 is 0. The highest BCUT2D eigenvalue weighted by molar-refractivity contribution is 5.64. The van der Waals surface area contributed by atoms with Gasteiger partial charge in [0.25, 0.3) is 0 Å². The summed E-state index contributed by atoms with van der Waals surface area (Å²) in [6, 6.07) is 5.52. The molecule has 0 atom stereocenters. The van der Waals surface area contributed by atoms with Crippen LogP contribution in [0.25, 0.3) is 0 Å². The van der Waals surface area contributed by atoms with Gasteiger partial charge in [-0.25, -0.2) is 4.79 Å². The topological polar surface area (TPSA) is 67.8 Å². The first-order valence-electron chi connectivity index (χ1n) is 4.85. The number of hydrogen-bond donors (Lipinski definition) is 2. The van der Waals surface area contributed by atoms with Gasteiger partial charge in [0, 0.05) is 6.54 Å². The van der Waals surface area contributed by atoms with Gasteiger partial charge in [-0.3, -0.25) is 0 Å². The van der Waals surface area contributed by atoms with Crippen molar-refractivity contribution in [3.63, 3.8) is 0 Å². The Kier molecular flexibility index (Phi) is 4.44. The Morgan fingerprint density at radius 2 is 2.00 bits per heavy atom. The van der Waals surface area contributed by atoms with Crippen LogP contribution in [0.4, 0.5) is 4.79 Å². The smallest absolute Gasteiger partial charge is 0.404 e. The van der Waals surface area contributed by atoms with Crippen LogP contribution in [0.3, 0.4) is 0 Å². The lowest BCUT2D eigenvalue weighted by Gasteiger charge is -2.09. The predicted octanol–water partition coefficient (Wildman–Crippen LogP) is 1.51. The lowest BCUT2D eigenvalue weighted by atomic mass is 10.1. The molecule has 0 saturated carbocycles. The van der Waals surface area contributed by atoms with E-state index in [2.05, 4.69) is 5.32 Å². The Labute approximate surface area is 94.0 Å². The van der Waals surface area contributed by atoms with Crippen molar-refractivity contribution in [3.8, 4) is 11.5 Å². The lowest BCUT2D eigenvalue weighted by molar-refractivity contribution is 0.194. The maximum absolute atomic E-state index is 10.3. The van der Waals surface area contributed by atoms with E-state index in [9.17, 15) is 4.79 Å². The van der Waals surface area contributed by atoms with E-state index in [-0.39, 0.29) is 0 Å². The van der Waals surface area contributed by atoms with Crippen molar-refractivity contribution in [3.05, 3.63) is 23.8 Å². The quantitative estimate of drug-likeness (QED) is 0.797. The molecule has 16 heavy (non-hydrogen) atoms. The van der Waals surface area contributed by atoms with Gasteiger partial charge < -0.3 is 19.9 Å². The normalized spacial score (nSPS) is 9.62. The third-order valence-corrected chi connectivity index (χ3v) is 2.14. The Morgan fingerprint density at radius 3 is 2.56 bits per heavy atom. The number of ether oxygens (including phenoxy) is 2. The van der Waals surface area contributed by atoms with Gasteiger partial charge in [0.15, 0.2) is 11.5 Å². The molecule has 0 spiro atoms. The molecule has 1 aromatic carbocycles. The number of rotatable bonds is 5. The van der Waals surface area contributed by atoms with Gasteiger partial charge in [-0.1, -0.05) is 6.07 Å². The second-order valence-electron chi connectivity index (χ2n) is 3.17. The summed E-state index contributed by atoms with van der Waals surface area (Å²) in [5.74, 6) is 1.31. The zero-order chi connectivity index (χ0) is 12.0. The molecule has 0 fully saturated rings. The van der Waals surface area contributed by atoms with Gasteiger partial charge >= 0.3 is 6.09 Å². The molecular weight excluding hydrogens is 210 g/mol. The molecular formula is C11H15NO4. The molecule has 0 saturated heterocycles. The minimum absolute atomic E-state index is 0.380. The fourth-order valence-corrected chi connectivity index (χ4v) is 1.35. The molecule has 1 amide bonds. The van der Waals surface area contributed by atoms with Gasteiger partial charge in [0.2, 0.25) is 0 Å². The van der Waals surface area contributed by atoms with Crippen molar-refractivity contribution in [2.75, 3.05) is 20.8 Å². The average Bonchev–Trinajstić information content (AvgIpc) is 2.28. The van der Waals surface area contributed by atoms with Crippen molar-refractivity contribution in [2.24, 2.45) is 0 Å². The van der Waals surface area contributed by atoms with Gasteiger partial charge in [-0.05, 0) is 24.1 Å². The maximum atomic E-state index is 10.3. The number of benzene rings is 1. The maximum Gasteiger partial charge on any atom is 0.404 e. The molecule has 0 heterocycles. The molecule has 0 aromatic heterocycles. The van der Waals surface area contributed by atoms with Crippen LogP contribution in [-0.4, -0.2) is 32.0 Å². The molecule has 0 unspecified atom stereocenters. The summed E-state index contributed by atoms with van der Waals surface area (Å²) in [7, 11) is 3.14. The van der Waals surface area contributed by atoms with Crippen LogP contribution in [0, 0.1) is 0 Å². The summed E-state index contributed by atoms with van der Waals surface area (Å²) in [4.78, 5) is 10.3. The average molecular weight is 225 g/mol. The first-order chi connectivity index (χ1) is 7.67. The van der Waals surface area contributed by atoms with Crippen LogP contribution in [0.15, 0.2) is 18.2 Å². The van der Waals surface area contributed by atoms with Gasteiger partial charge in [0.1, 0.15) is 0 Å². The summed E-state index contributed by atoms with van der Waals surface area (Å²) in [6.45, 7) is 0.380. The van der Waals surface area contributed by atoms with E-state index >= 15 is 0 Å². The second kappa shape index (κ2) is 5.85. The zero-order valence-electron chi connectivity index (χ0n) is 9.32. The predicted molar refractivity (Wildman–Crippen MR) is 59.3 cm³/mol. The summed E-state index contributed by atoms with van der Waals surface area (Å²) < 4.78 is 10.2. The summed E-state index contributed by atoms with van der Waals surface area (Å²) in [5.41, 5.74) is 0.992. The number of carboxylic acid groups (broad SMARTS) is 1. The number of carbonyl (C=O) groups is 1. The van der Waals surface area contributed by atoms with Crippen LogP contribution in [0.5, 0.6) is 11.5 Å². The van der Waals surface area contributed by atoms with Crippen LogP contribution in [0.1, 0.15) is 5.56 Å². The second-order valence-corrected chi connectivity index (χ2v) is 3.17. The van der Waals surface area contributed by atoms with E-state index in [0.29, 0.717) is 24.5 Å². The molecule has 0 aliphatic rings. The van der Waals surface area contributed by atoms with Crippen LogP contribution < -0.4 is 14.8 Å². The van der Waals surface area contributed by atoms with E-state index in [1.54, 1.807) is 20.3 Å². The van der Waals surface area contributed by atoms with Crippen LogP contribution in [0.2, 0.25) is 0 Å². The van der Waals surface area contributed by atoms with Gasteiger partial charge in [-0.2, -0.15) is 0 Å². The first-order valence-corrected chi connectivity index (χ1v) is 4.85. The number of methoxy groups -OCH3 is 2. The molecule has 1 rings (SSSR count). The first kappa shape index (κ1) is 12.2. The minimum atomic E-state index is -1.01. The van der Waals surface area contributed by atoms with Crippen molar-refractivity contribution in [1.29, 1.82) is 0 Å². The highest BCUT2D eigenvalue weighted by Gasteiger charge is 2.04. The van der Waals surface area contributed by atoms with Crippen LogP contribution in [-0.2, 0) is 6.42 Å². The highest BCUT2D eigenvalue weighted by Crippen LogP contribution is 2.27. The molecule has 5 nitrogen and oxygen atoms in total. The molecule has 1 aromatic rings. The fraction of sp³-hybridized carbons (Fsp3) is 0.364. The van der Waals surface area contributed by atoms with Crippen molar-refractivity contribution in [2.45, 2.75) is 6.42 Å². The van der Waals surface area contributed by atoms with Crippen molar-refractivity contribution < 1.29 is 19.4 Å². The third-order valence-electron chi connectivity index (χ3n) is 2.14. The molecule has 0 bridgehead atoms. The van der Waals surface area contributed by atoms with E-state index < -0.39 is 6.09 Å². The monoisotopic (exact) mass is 225 g/mol. The van der Waals surface area contributed by atoms with E-state index in [4.69, 9.17) is 14.6 Å². The van der Waals surface area contributed by atoms with E-state index in [1.807, 2.05) is 12.1 Å². The minimum Gasteiger partial charge on any atom is -0.493 e. The van der Waals surface area contributed by atoms with Crippen molar-refractivity contribution >= 4 is 6.09 Å². The number of nitrogens with one attached hydrogen (secondary N) is 1. The lowest BCUT2D eigenvalue weighted by Crippen LogP contribution is -2.23. The Hall–Kier alpha value is -1.91. The van der Waals surface area contributed by atoms with Crippen LogP contribution >= 0.6 is 0 Å². The van der Waals surface area contributed by atoms with Crippen molar-refractivity contribution in [1.82, 2.24) is 5.32 Å². The van der Waals surface area contributed by atoms with Gasteiger partial charge in [0.05, 0.1) is 14.2 Å². The molecule has 0 radical (unpaired) electrons. The Morgan fingerprint density at radius 1 is 1.31 bits per heavy atom. The molecule has 0 aliphatic carbocycles. The number of amides is 1. The van der Waals surface area contributed by atoms with E-state index in [0.717, 1.165) is 5.56 Å².